The molecule has 1 amide bonds. The molecular weight excluding hydrogens is 494 g/mol. The van der Waals surface area contributed by atoms with Crippen LogP contribution in [0.2, 0.25) is 5.15 Å². The molecule has 1 fully saturated rings. The van der Waals surface area contributed by atoms with E-state index in [0.29, 0.717) is 34.9 Å². The maximum Gasteiger partial charge on any atom is 0.275 e. The standard InChI is InChI=1S/C26H30ClN7O3/c1-15-12-17(16(2)29-19-6-7-20(27)30-23(19)33-8-10-37-11-9-33)22-18(13-15)25(35)32(5)24-21(26(36)31(3)4)28-14-34(22)24/h6-7,12-14,16,29H,8-11H2,1-5H3. The van der Waals surface area contributed by atoms with E-state index in [9.17, 15) is 9.59 Å². The number of hydrogen-bond donors (Lipinski definition) is 1. The van der Waals surface area contributed by atoms with E-state index in [4.69, 9.17) is 16.3 Å². The molecule has 1 atom stereocenters. The lowest BCUT2D eigenvalue weighted by Crippen LogP contribution is -2.37. The third-order valence-electron chi connectivity index (χ3n) is 6.72. The number of morpholine rings is 1. The first-order valence-corrected chi connectivity index (χ1v) is 12.5. The van der Waals surface area contributed by atoms with Crippen LogP contribution in [0.3, 0.4) is 0 Å². The molecule has 1 aromatic carbocycles. The van der Waals surface area contributed by atoms with Crippen molar-refractivity contribution >= 4 is 45.6 Å². The molecule has 0 radical (unpaired) electrons. The number of hydrogen-bond acceptors (Lipinski definition) is 7. The van der Waals surface area contributed by atoms with Crippen LogP contribution in [0.5, 0.6) is 0 Å². The van der Waals surface area contributed by atoms with E-state index < -0.39 is 0 Å². The van der Waals surface area contributed by atoms with Gasteiger partial charge < -0.3 is 19.9 Å². The number of imidazole rings is 1. The lowest BCUT2D eigenvalue weighted by Gasteiger charge is -2.30. The van der Waals surface area contributed by atoms with Crippen molar-refractivity contribution in [3.8, 4) is 0 Å². The average Bonchev–Trinajstić information content (AvgIpc) is 3.32. The molecule has 0 spiro atoms. The van der Waals surface area contributed by atoms with Crippen LogP contribution in [0.15, 0.2) is 35.4 Å². The van der Waals surface area contributed by atoms with Gasteiger partial charge in [-0.1, -0.05) is 17.7 Å². The van der Waals surface area contributed by atoms with Crippen molar-refractivity contribution in [3.05, 3.63) is 62.9 Å². The fourth-order valence-electron chi connectivity index (χ4n) is 4.90. The molecule has 5 rings (SSSR count). The molecule has 0 aliphatic carbocycles. The maximum atomic E-state index is 13.5. The van der Waals surface area contributed by atoms with E-state index in [-0.39, 0.29) is 23.2 Å². The molecule has 194 valence electrons. The van der Waals surface area contributed by atoms with Gasteiger partial charge in [0.2, 0.25) is 0 Å². The van der Waals surface area contributed by atoms with Gasteiger partial charge in [0, 0.05) is 34.2 Å². The number of fused-ring (bicyclic) bond motifs is 3. The molecule has 0 bridgehead atoms. The van der Waals surface area contributed by atoms with Crippen molar-refractivity contribution in [2.45, 2.75) is 19.9 Å². The van der Waals surface area contributed by atoms with Gasteiger partial charge in [-0.25, -0.2) is 9.97 Å². The zero-order valence-electron chi connectivity index (χ0n) is 21.6. The topological polar surface area (TPSA) is 97.0 Å². The third kappa shape index (κ3) is 4.40. The summed E-state index contributed by atoms with van der Waals surface area (Å²) in [5.41, 5.74) is 3.91. The van der Waals surface area contributed by atoms with Gasteiger partial charge in [0.1, 0.15) is 11.5 Å². The van der Waals surface area contributed by atoms with Crippen molar-refractivity contribution in [2.75, 3.05) is 50.6 Å². The first-order valence-electron chi connectivity index (χ1n) is 12.1. The summed E-state index contributed by atoms with van der Waals surface area (Å²) in [5, 5.41) is 4.57. The maximum absolute atomic E-state index is 13.5. The number of amides is 1. The summed E-state index contributed by atoms with van der Waals surface area (Å²) in [6.45, 7) is 6.70. The highest BCUT2D eigenvalue weighted by molar-refractivity contribution is 6.29. The number of nitrogens with zero attached hydrogens (tertiary/aromatic N) is 6. The van der Waals surface area contributed by atoms with E-state index in [1.54, 1.807) is 33.5 Å². The molecule has 4 aromatic rings. The second-order valence-electron chi connectivity index (χ2n) is 9.57. The highest BCUT2D eigenvalue weighted by Crippen LogP contribution is 2.33. The highest BCUT2D eigenvalue weighted by atomic mass is 35.5. The summed E-state index contributed by atoms with van der Waals surface area (Å²) in [7, 11) is 5.00. The Morgan fingerprint density at radius 1 is 1.22 bits per heavy atom. The number of halogens is 1. The molecule has 1 saturated heterocycles. The number of anilines is 2. The van der Waals surface area contributed by atoms with E-state index in [0.717, 1.165) is 35.7 Å². The van der Waals surface area contributed by atoms with Crippen LogP contribution in [-0.4, -0.2) is 70.1 Å². The van der Waals surface area contributed by atoms with Gasteiger partial charge in [-0.3, -0.25) is 18.6 Å². The molecule has 1 unspecified atom stereocenters. The number of pyridine rings is 1. The summed E-state index contributed by atoms with van der Waals surface area (Å²) in [4.78, 5) is 39.0. The van der Waals surface area contributed by atoms with Gasteiger partial charge in [-0.15, -0.1) is 0 Å². The number of aromatic nitrogens is 4. The van der Waals surface area contributed by atoms with Crippen molar-refractivity contribution < 1.29 is 9.53 Å². The fraction of sp³-hybridized carbons (Fsp3) is 0.385. The van der Waals surface area contributed by atoms with Crippen molar-refractivity contribution in [1.29, 1.82) is 0 Å². The zero-order valence-corrected chi connectivity index (χ0v) is 22.3. The lowest BCUT2D eigenvalue weighted by atomic mass is 10.0. The van der Waals surface area contributed by atoms with Crippen molar-refractivity contribution in [2.24, 2.45) is 7.05 Å². The second-order valence-corrected chi connectivity index (χ2v) is 9.96. The molecule has 11 heteroatoms. The molecular formula is C26H30ClN7O3. The van der Waals surface area contributed by atoms with Gasteiger partial charge in [-0.05, 0) is 43.2 Å². The Morgan fingerprint density at radius 3 is 2.65 bits per heavy atom. The second kappa shape index (κ2) is 9.68. The van der Waals surface area contributed by atoms with Crippen molar-refractivity contribution in [1.82, 2.24) is 23.8 Å². The van der Waals surface area contributed by atoms with E-state index in [1.807, 2.05) is 30.4 Å². The summed E-state index contributed by atoms with van der Waals surface area (Å²) < 4.78 is 8.84. The Balaban J connectivity index is 1.67. The van der Waals surface area contributed by atoms with E-state index in [2.05, 4.69) is 26.3 Å². The predicted octanol–water partition coefficient (Wildman–Crippen LogP) is 3.25. The Morgan fingerprint density at radius 2 is 1.95 bits per heavy atom. The first-order chi connectivity index (χ1) is 17.7. The van der Waals surface area contributed by atoms with Crippen LogP contribution in [0, 0.1) is 6.92 Å². The van der Waals surface area contributed by atoms with Gasteiger partial charge in [-0.2, -0.15) is 0 Å². The Kier molecular flexibility index (Phi) is 6.55. The van der Waals surface area contributed by atoms with Gasteiger partial charge in [0.05, 0.1) is 35.8 Å². The number of rotatable bonds is 5. The summed E-state index contributed by atoms with van der Waals surface area (Å²) >= 11 is 6.26. The zero-order chi connectivity index (χ0) is 26.4. The van der Waals surface area contributed by atoms with Crippen LogP contribution < -0.4 is 15.8 Å². The number of nitrogens with one attached hydrogen (secondary N) is 1. The fourth-order valence-corrected chi connectivity index (χ4v) is 5.04. The monoisotopic (exact) mass is 523 g/mol. The largest absolute Gasteiger partial charge is 0.378 e. The van der Waals surface area contributed by atoms with Crippen LogP contribution in [0.25, 0.3) is 16.6 Å². The van der Waals surface area contributed by atoms with Gasteiger partial charge >= 0.3 is 0 Å². The summed E-state index contributed by atoms with van der Waals surface area (Å²) in [5.74, 6) is 0.501. The Hall–Kier alpha value is -3.63. The minimum atomic E-state index is -0.265. The molecule has 10 nitrogen and oxygen atoms in total. The Bertz CT molecular complexity index is 1570. The smallest absolute Gasteiger partial charge is 0.275 e. The van der Waals surface area contributed by atoms with Crippen LogP contribution in [-0.2, 0) is 11.8 Å². The quantitative estimate of drug-likeness (QED) is 0.401. The molecule has 37 heavy (non-hydrogen) atoms. The van der Waals surface area contributed by atoms with Gasteiger partial charge in [0.25, 0.3) is 11.5 Å². The predicted molar refractivity (Wildman–Crippen MR) is 145 cm³/mol. The number of aryl methyl sites for hydroxylation is 2. The van der Waals surface area contributed by atoms with Crippen LogP contribution in [0.4, 0.5) is 11.5 Å². The normalized spacial score (nSPS) is 14.8. The minimum Gasteiger partial charge on any atom is -0.378 e. The summed E-state index contributed by atoms with van der Waals surface area (Å²) in [6, 6.07) is 7.41. The summed E-state index contributed by atoms with van der Waals surface area (Å²) in [6.07, 6.45) is 1.61. The molecule has 4 heterocycles. The third-order valence-corrected chi connectivity index (χ3v) is 6.93. The van der Waals surface area contributed by atoms with E-state index >= 15 is 0 Å². The molecule has 1 aliphatic rings. The number of benzene rings is 1. The van der Waals surface area contributed by atoms with E-state index in [1.165, 1.54) is 9.47 Å². The Labute approximate surface area is 219 Å². The molecule has 0 saturated carbocycles. The van der Waals surface area contributed by atoms with Crippen LogP contribution >= 0.6 is 11.6 Å². The SMILES string of the molecule is Cc1cc(C(C)Nc2ccc(Cl)nc2N2CCOCC2)c2c(c1)c(=O)n(C)c1c(C(=O)N(C)C)ncn21. The number of ether oxygens (including phenoxy) is 1. The number of carbonyl (C=O) groups is 1. The first kappa shape index (κ1) is 25.0. The molecule has 1 aliphatic heterocycles. The van der Waals surface area contributed by atoms with Crippen molar-refractivity contribution in [3.63, 3.8) is 0 Å². The van der Waals surface area contributed by atoms with Crippen LogP contribution in [0.1, 0.15) is 34.6 Å². The number of carbonyl (C=O) groups excluding carboxylic acids is 1. The lowest BCUT2D eigenvalue weighted by molar-refractivity contribution is 0.0824. The highest BCUT2D eigenvalue weighted by Gasteiger charge is 2.24. The minimum absolute atomic E-state index is 0.185. The van der Waals surface area contributed by atoms with Gasteiger partial charge in [0.15, 0.2) is 17.2 Å². The molecule has 1 N–H and O–H groups in total. The molecule has 3 aromatic heterocycles. The average molecular weight is 524 g/mol.